The van der Waals surface area contributed by atoms with Crippen molar-refractivity contribution in [2.45, 2.75) is 58.0 Å². The standard InChI is InChI=1S/C17H22O4/c1-9-7-10(18)8-12-14(9)19-15-13-11(16(2,3)21-15)5-6-17(13,4)20-12/h7-8,11,13,15,18H,5-6H2,1-4H3/t11-,13-,15+,17-/m1/s1. The molecule has 2 heterocycles. The molecule has 0 amide bonds. The van der Waals surface area contributed by atoms with Gasteiger partial charge in [0.25, 0.3) is 0 Å². The first-order chi connectivity index (χ1) is 9.80. The van der Waals surface area contributed by atoms with Gasteiger partial charge in [-0.1, -0.05) is 0 Å². The molecule has 1 aromatic carbocycles. The summed E-state index contributed by atoms with van der Waals surface area (Å²) in [6.07, 6.45) is 1.80. The number of hydrogen-bond donors (Lipinski definition) is 1. The largest absolute Gasteiger partial charge is 0.508 e. The molecule has 4 nitrogen and oxygen atoms in total. The highest BCUT2D eigenvalue weighted by molar-refractivity contribution is 5.52. The Hall–Kier alpha value is -1.42. The summed E-state index contributed by atoms with van der Waals surface area (Å²) in [6.45, 7) is 8.36. The zero-order chi connectivity index (χ0) is 15.0. The third-order valence-electron chi connectivity index (χ3n) is 5.50. The molecule has 4 heteroatoms. The van der Waals surface area contributed by atoms with Gasteiger partial charge >= 0.3 is 0 Å². The lowest BCUT2D eigenvalue weighted by molar-refractivity contribution is -0.136. The Morgan fingerprint density at radius 3 is 2.76 bits per heavy atom. The van der Waals surface area contributed by atoms with E-state index in [9.17, 15) is 5.11 Å². The topological polar surface area (TPSA) is 47.9 Å². The fourth-order valence-electron chi connectivity index (χ4n) is 4.47. The molecule has 0 spiro atoms. The Bertz CT molecular complexity index is 609. The van der Waals surface area contributed by atoms with Crippen LogP contribution in [0.5, 0.6) is 17.2 Å². The van der Waals surface area contributed by atoms with Crippen LogP contribution in [0.4, 0.5) is 0 Å². The zero-order valence-corrected chi connectivity index (χ0v) is 13.0. The molecule has 2 aliphatic heterocycles. The monoisotopic (exact) mass is 290 g/mol. The molecule has 1 N–H and O–H groups in total. The van der Waals surface area contributed by atoms with E-state index in [0.29, 0.717) is 17.4 Å². The van der Waals surface area contributed by atoms with Crippen LogP contribution in [0, 0.1) is 18.8 Å². The molecule has 4 rings (SSSR count). The summed E-state index contributed by atoms with van der Waals surface area (Å²) in [7, 11) is 0. The first-order valence-electron chi connectivity index (χ1n) is 7.67. The smallest absolute Gasteiger partial charge is 0.207 e. The van der Waals surface area contributed by atoms with Crippen LogP contribution in [0.1, 0.15) is 39.2 Å². The summed E-state index contributed by atoms with van der Waals surface area (Å²) in [6, 6.07) is 3.34. The molecule has 21 heavy (non-hydrogen) atoms. The Kier molecular flexibility index (Phi) is 2.44. The molecule has 1 saturated carbocycles. The van der Waals surface area contributed by atoms with E-state index in [0.717, 1.165) is 18.4 Å². The number of phenolic OH excluding ortho intramolecular Hbond substituents is 1. The molecule has 0 aromatic heterocycles. The van der Waals surface area contributed by atoms with Crippen LogP contribution < -0.4 is 9.47 Å². The van der Waals surface area contributed by atoms with Crippen molar-refractivity contribution in [3.05, 3.63) is 17.7 Å². The van der Waals surface area contributed by atoms with Crippen LogP contribution in [-0.4, -0.2) is 22.6 Å². The molecule has 114 valence electrons. The van der Waals surface area contributed by atoms with Gasteiger partial charge in [0.2, 0.25) is 6.29 Å². The second-order valence-electron chi connectivity index (χ2n) is 7.38. The molecule has 1 aromatic rings. The van der Waals surface area contributed by atoms with E-state index in [4.69, 9.17) is 14.2 Å². The van der Waals surface area contributed by atoms with E-state index in [1.807, 2.05) is 6.92 Å². The number of fused-ring (bicyclic) bond motifs is 1. The van der Waals surface area contributed by atoms with Crippen molar-refractivity contribution in [2.75, 3.05) is 0 Å². The average Bonchev–Trinajstić information content (AvgIpc) is 2.78. The van der Waals surface area contributed by atoms with Crippen LogP contribution in [0.3, 0.4) is 0 Å². The van der Waals surface area contributed by atoms with Gasteiger partial charge in [0, 0.05) is 12.0 Å². The van der Waals surface area contributed by atoms with E-state index < -0.39 is 0 Å². The quantitative estimate of drug-likeness (QED) is 0.795. The van der Waals surface area contributed by atoms with Gasteiger partial charge in [0.05, 0.1) is 11.5 Å². The molecular weight excluding hydrogens is 268 g/mol. The highest BCUT2D eigenvalue weighted by Crippen LogP contribution is 2.58. The number of rotatable bonds is 0. The first kappa shape index (κ1) is 13.3. The molecule has 1 saturated heterocycles. The van der Waals surface area contributed by atoms with Gasteiger partial charge in [-0.15, -0.1) is 0 Å². The van der Waals surface area contributed by atoms with Crippen molar-refractivity contribution in [3.8, 4) is 17.2 Å². The van der Waals surface area contributed by atoms with Crippen LogP contribution in [0.25, 0.3) is 0 Å². The fraction of sp³-hybridized carbons (Fsp3) is 0.647. The van der Waals surface area contributed by atoms with Crippen molar-refractivity contribution in [2.24, 2.45) is 11.8 Å². The van der Waals surface area contributed by atoms with Gasteiger partial charge in [0.1, 0.15) is 11.4 Å². The Morgan fingerprint density at radius 1 is 1.24 bits per heavy atom. The highest BCUT2D eigenvalue weighted by atomic mass is 16.7. The number of benzene rings is 1. The van der Waals surface area contributed by atoms with E-state index in [1.54, 1.807) is 12.1 Å². The maximum atomic E-state index is 9.83. The van der Waals surface area contributed by atoms with Gasteiger partial charge in [-0.25, -0.2) is 0 Å². The minimum absolute atomic E-state index is 0.182. The Morgan fingerprint density at radius 2 is 2.00 bits per heavy atom. The first-order valence-corrected chi connectivity index (χ1v) is 7.67. The van der Waals surface area contributed by atoms with Crippen molar-refractivity contribution >= 4 is 0 Å². The molecule has 2 fully saturated rings. The minimum atomic E-state index is -0.297. The van der Waals surface area contributed by atoms with Crippen LogP contribution in [0.15, 0.2) is 12.1 Å². The molecule has 0 unspecified atom stereocenters. The normalized spacial score (nSPS) is 39.0. The number of ether oxygens (including phenoxy) is 3. The van der Waals surface area contributed by atoms with Crippen molar-refractivity contribution in [3.63, 3.8) is 0 Å². The SMILES string of the molecule is Cc1cc(O)cc2c1O[C@H]1OC(C)(C)[C@@H]3CC[C@@](C)(O2)[C@@H]13. The molecular formula is C17H22O4. The highest BCUT2D eigenvalue weighted by Gasteiger charge is 2.63. The number of aromatic hydroxyl groups is 1. The molecule has 3 aliphatic rings. The Balaban J connectivity index is 1.85. The summed E-state index contributed by atoms with van der Waals surface area (Å²) in [5.74, 6) is 2.20. The number of aryl methyl sites for hydroxylation is 1. The summed E-state index contributed by atoms with van der Waals surface area (Å²) < 4.78 is 18.7. The maximum Gasteiger partial charge on any atom is 0.207 e. The van der Waals surface area contributed by atoms with E-state index >= 15 is 0 Å². The van der Waals surface area contributed by atoms with E-state index in [1.165, 1.54) is 0 Å². The van der Waals surface area contributed by atoms with Crippen molar-refractivity contribution in [1.29, 1.82) is 0 Å². The van der Waals surface area contributed by atoms with Gasteiger partial charge < -0.3 is 19.3 Å². The predicted molar refractivity (Wildman–Crippen MR) is 77.7 cm³/mol. The molecule has 1 aliphatic carbocycles. The summed E-state index contributed by atoms with van der Waals surface area (Å²) >= 11 is 0. The lowest BCUT2D eigenvalue weighted by Gasteiger charge is -2.31. The minimum Gasteiger partial charge on any atom is -0.508 e. The van der Waals surface area contributed by atoms with Gasteiger partial charge in [-0.3, -0.25) is 0 Å². The van der Waals surface area contributed by atoms with Crippen molar-refractivity contribution < 1.29 is 19.3 Å². The fourth-order valence-corrected chi connectivity index (χ4v) is 4.47. The number of hydrogen-bond acceptors (Lipinski definition) is 4. The number of phenols is 1. The molecule has 0 radical (unpaired) electrons. The maximum absolute atomic E-state index is 9.83. The molecule has 4 atom stereocenters. The third kappa shape index (κ3) is 1.71. The van der Waals surface area contributed by atoms with E-state index in [-0.39, 0.29) is 29.2 Å². The van der Waals surface area contributed by atoms with Crippen LogP contribution in [0.2, 0.25) is 0 Å². The second kappa shape index (κ2) is 3.86. The second-order valence-corrected chi connectivity index (χ2v) is 7.38. The lowest BCUT2D eigenvalue weighted by atomic mass is 9.81. The van der Waals surface area contributed by atoms with Crippen LogP contribution in [-0.2, 0) is 4.74 Å². The van der Waals surface area contributed by atoms with Crippen LogP contribution >= 0.6 is 0 Å². The Labute approximate surface area is 125 Å². The summed E-state index contributed by atoms with van der Waals surface area (Å²) in [4.78, 5) is 0. The molecule has 0 bridgehead atoms. The predicted octanol–water partition coefficient (Wildman–Crippen LogP) is 3.39. The van der Waals surface area contributed by atoms with Gasteiger partial charge in [-0.05, 0) is 52.2 Å². The van der Waals surface area contributed by atoms with E-state index in [2.05, 4.69) is 20.8 Å². The zero-order valence-electron chi connectivity index (χ0n) is 13.0. The summed E-state index contributed by atoms with van der Waals surface area (Å²) in [5, 5.41) is 9.83. The summed E-state index contributed by atoms with van der Waals surface area (Å²) in [5.41, 5.74) is 0.395. The van der Waals surface area contributed by atoms with Gasteiger partial charge in [0.15, 0.2) is 11.5 Å². The third-order valence-corrected chi connectivity index (χ3v) is 5.50. The average molecular weight is 290 g/mol. The lowest BCUT2D eigenvalue weighted by Crippen LogP contribution is -2.42. The van der Waals surface area contributed by atoms with Crippen molar-refractivity contribution in [1.82, 2.24) is 0 Å². The van der Waals surface area contributed by atoms with Gasteiger partial charge in [-0.2, -0.15) is 0 Å².